The predicted molar refractivity (Wildman–Crippen MR) is 180 cm³/mol. The molecule has 0 aliphatic rings. The first-order valence-corrected chi connectivity index (χ1v) is 16.4. The number of phenolic OH excluding ortho intramolecular Hbond substituents is 2. The highest BCUT2D eigenvalue weighted by atomic mass is 32.2. The lowest BCUT2D eigenvalue weighted by molar-refractivity contribution is -0.142. The van der Waals surface area contributed by atoms with E-state index in [1.165, 1.54) is 36.0 Å². The number of aromatic hydroxyl groups is 2. The van der Waals surface area contributed by atoms with Gasteiger partial charge in [0.1, 0.15) is 29.6 Å². The van der Waals surface area contributed by atoms with Gasteiger partial charge < -0.3 is 42.0 Å². The second-order valence-corrected chi connectivity index (χ2v) is 12.2. The molecule has 0 saturated carbocycles. The number of aromatic nitrogens is 1. The fourth-order valence-electron chi connectivity index (χ4n) is 5.10. The van der Waals surface area contributed by atoms with Gasteiger partial charge in [-0.1, -0.05) is 42.5 Å². The van der Waals surface area contributed by atoms with Crippen molar-refractivity contribution in [1.82, 2.24) is 20.9 Å². The number of nitrogens with two attached hydrogens (primary N) is 1. The van der Waals surface area contributed by atoms with E-state index in [0.29, 0.717) is 16.9 Å². The Morgan fingerprint density at radius 2 is 1.28 bits per heavy atom. The Kier molecular flexibility index (Phi) is 12.3. The zero-order chi connectivity index (χ0) is 33.9. The van der Waals surface area contributed by atoms with Gasteiger partial charge >= 0.3 is 5.97 Å². The first-order valence-electron chi connectivity index (χ1n) is 15.0. The number of carboxylic acids is 1. The second kappa shape index (κ2) is 16.5. The highest BCUT2D eigenvalue weighted by Crippen LogP contribution is 2.20. The molecule has 4 atom stereocenters. The summed E-state index contributed by atoms with van der Waals surface area (Å²) < 4.78 is 0. The summed E-state index contributed by atoms with van der Waals surface area (Å²) in [6.07, 6.45) is 3.94. The molecule has 248 valence electrons. The Labute approximate surface area is 276 Å². The molecule has 0 bridgehead atoms. The van der Waals surface area contributed by atoms with Crippen LogP contribution in [0.2, 0.25) is 0 Å². The molecule has 47 heavy (non-hydrogen) atoms. The third-order valence-corrected chi connectivity index (χ3v) is 8.34. The molecule has 0 aliphatic carbocycles. The Morgan fingerprint density at radius 1 is 0.745 bits per heavy atom. The number of carbonyl (C=O) groups is 4. The third-order valence-electron chi connectivity index (χ3n) is 7.70. The molecule has 0 fully saturated rings. The van der Waals surface area contributed by atoms with E-state index < -0.39 is 47.9 Å². The van der Waals surface area contributed by atoms with Gasteiger partial charge in [-0.2, -0.15) is 11.8 Å². The van der Waals surface area contributed by atoms with Gasteiger partial charge in [0.05, 0.1) is 6.04 Å². The zero-order valence-corrected chi connectivity index (χ0v) is 26.6. The minimum absolute atomic E-state index is 0.0106. The van der Waals surface area contributed by atoms with Crippen LogP contribution in [0.1, 0.15) is 23.1 Å². The molecule has 4 rings (SSSR count). The first kappa shape index (κ1) is 34.9. The summed E-state index contributed by atoms with van der Waals surface area (Å²) in [4.78, 5) is 55.9. The number of aromatic amines is 1. The Bertz CT molecular complexity index is 1680. The number of phenols is 2. The number of hydrogen-bond donors (Lipinski definition) is 8. The van der Waals surface area contributed by atoms with Gasteiger partial charge in [-0.15, -0.1) is 0 Å². The van der Waals surface area contributed by atoms with Crippen LogP contribution in [0.5, 0.6) is 11.5 Å². The molecule has 12 nitrogen and oxygen atoms in total. The predicted octanol–water partition coefficient (Wildman–Crippen LogP) is 2.23. The number of nitrogens with one attached hydrogen (secondary N) is 4. The van der Waals surface area contributed by atoms with Crippen LogP contribution < -0.4 is 21.7 Å². The zero-order valence-electron chi connectivity index (χ0n) is 25.8. The molecule has 1 aromatic heterocycles. The Morgan fingerprint density at radius 3 is 1.87 bits per heavy atom. The van der Waals surface area contributed by atoms with Crippen LogP contribution in [0.25, 0.3) is 10.9 Å². The van der Waals surface area contributed by atoms with Crippen molar-refractivity contribution in [3.63, 3.8) is 0 Å². The SMILES string of the molecule is CSCCC(NC(=O)C(Cc1c[nH]c2ccccc12)NC(=O)C(Cc1ccc(O)cc1)NC(=O)C(N)Cc1ccc(O)cc1)C(=O)O. The van der Waals surface area contributed by atoms with Crippen LogP contribution in [-0.2, 0) is 38.4 Å². The molecule has 3 aromatic carbocycles. The fraction of sp³-hybridized carbons (Fsp3) is 0.294. The number of thioether (sulfide) groups is 1. The second-order valence-electron chi connectivity index (χ2n) is 11.2. The number of fused-ring (bicyclic) bond motifs is 1. The van der Waals surface area contributed by atoms with Crippen LogP contribution in [0, 0.1) is 0 Å². The van der Waals surface area contributed by atoms with Crippen LogP contribution in [0.4, 0.5) is 0 Å². The van der Waals surface area contributed by atoms with Crippen molar-refractivity contribution >= 4 is 46.4 Å². The molecule has 3 amide bonds. The molecule has 0 radical (unpaired) electrons. The van der Waals surface area contributed by atoms with Gasteiger partial charge in [0.2, 0.25) is 17.7 Å². The monoisotopic (exact) mass is 661 g/mol. The van der Waals surface area contributed by atoms with Crippen molar-refractivity contribution in [2.24, 2.45) is 5.73 Å². The Balaban J connectivity index is 1.59. The molecule has 4 aromatic rings. The summed E-state index contributed by atoms with van der Waals surface area (Å²) in [6, 6.07) is 15.3. The molecule has 0 aliphatic heterocycles. The van der Waals surface area contributed by atoms with E-state index in [2.05, 4.69) is 20.9 Å². The van der Waals surface area contributed by atoms with E-state index >= 15 is 0 Å². The van der Waals surface area contributed by atoms with Crippen LogP contribution in [0.3, 0.4) is 0 Å². The smallest absolute Gasteiger partial charge is 0.326 e. The molecule has 1 heterocycles. The molecule has 0 saturated heterocycles. The lowest BCUT2D eigenvalue weighted by Gasteiger charge is -2.25. The van der Waals surface area contributed by atoms with Crippen molar-refractivity contribution < 1.29 is 34.5 Å². The number of aliphatic carboxylic acids is 1. The van der Waals surface area contributed by atoms with Gasteiger partial charge in [-0.25, -0.2) is 4.79 Å². The number of benzene rings is 3. The molecule has 9 N–H and O–H groups in total. The van der Waals surface area contributed by atoms with Gasteiger partial charge in [0.25, 0.3) is 0 Å². The minimum atomic E-state index is -1.19. The summed E-state index contributed by atoms with van der Waals surface area (Å²) in [5.74, 6) is -2.57. The van der Waals surface area contributed by atoms with E-state index in [1.807, 2.05) is 30.5 Å². The Hall–Kier alpha value is -5.01. The van der Waals surface area contributed by atoms with Gasteiger partial charge in [0.15, 0.2) is 0 Å². The maximum absolute atomic E-state index is 13.9. The minimum Gasteiger partial charge on any atom is -0.508 e. The van der Waals surface area contributed by atoms with Crippen molar-refractivity contribution in [3.8, 4) is 11.5 Å². The summed E-state index contributed by atoms with van der Waals surface area (Å²) in [5.41, 5.74) is 9.08. The highest BCUT2D eigenvalue weighted by molar-refractivity contribution is 7.98. The summed E-state index contributed by atoms with van der Waals surface area (Å²) in [7, 11) is 0. The topological polar surface area (TPSA) is 207 Å². The summed E-state index contributed by atoms with van der Waals surface area (Å²) in [5, 5.41) is 37.9. The molecule has 0 spiro atoms. The molecular formula is C34H39N5O7S. The maximum atomic E-state index is 13.9. The summed E-state index contributed by atoms with van der Waals surface area (Å²) in [6.45, 7) is 0. The van der Waals surface area contributed by atoms with Gasteiger partial charge in [-0.3, -0.25) is 14.4 Å². The number of hydrogen-bond acceptors (Lipinski definition) is 8. The number of para-hydroxylation sites is 1. The highest BCUT2D eigenvalue weighted by Gasteiger charge is 2.31. The van der Waals surface area contributed by atoms with Crippen LogP contribution in [0.15, 0.2) is 79.0 Å². The van der Waals surface area contributed by atoms with E-state index in [4.69, 9.17) is 5.73 Å². The normalized spacial score (nSPS) is 13.7. The maximum Gasteiger partial charge on any atom is 0.326 e. The van der Waals surface area contributed by atoms with Crippen molar-refractivity contribution in [2.45, 2.75) is 49.9 Å². The van der Waals surface area contributed by atoms with E-state index in [1.54, 1.807) is 30.5 Å². The number of carboxylic acid groups (broad SMARTS) is 1. The van der Waals surface area contributed by atoms with Crippen LogP contribution >= 0.6 is 11.8 Å². The first-order chi connectivity index (χ1) is 22.5. The average Bonchev–Trinajstić information content (AvgIpc) is 3.46. The number of carbonyl (C=O) groups excluding carboxylic acids is 3. The number of rotatable bonds is 16. The number of H-pyrrole nitrogens is 1. The van der Waals surface area contributed by atoms with Crippen molar-refractivity contribution in [3.05, 3.63) is 95.7 Å². The number of amides is 3. The molecule has 13 heteroatoms. The summed E-state index contributed by atoms with van der Waals surface area (Å²) >= 11 is 1.45. The van der Waals surface area contributed by atoms with Crippen molar-refractivity contribution in [1.29, 1.82) is 0 Å². The third kappa shape index (κ3) is 9.99. The molecular weight excluding hydrogens is 622 g/mol. The van der Waals surface area contributed by atoms with Crippen molar-refractivity contribution in [2.75, 3.05) is 12.0 Å². The lowest BCUT2D eigenvalue weighted by atomic mass is 10.0. The average molecular weight is 662 g/mol. The quantitative estimate of drug-likeness (QED) is 0.0885. The van der Waals surface area contributed by atoms with Gasteiger partial charge in [0, 0.05) is 29.9 Å². The molecule has 4 unspecified atom stereocenters. The van der Waals surface area contributed by atoms with E-state index in [-0.39, 0.29) is 37.2 Å². The van der Waals surface area contributed by atoms with Crippen LogP contribution in [-0.4, -0.2) is 80.2 Å². The van der Waals surface area contributed by atoms with Gasteiger partial charge in [-0.05, 0) is 71.9 Å². The largest absolute Gasteiger partial charge is 0.508 e. The lowest BCUT2D eigenvalue weighted by Crippen LogP contribution is -2.58. The van der Waals surface area contributed by atoms with E-state index in [0.717, 1.165) is 16.5 Å². The standard InChI is InChI=1S/C34H39N5O7S/c1-47-15-14-28(34(45)46)37-33(44)30(18-22-19-36-27-5-3-2-4-25(22)27)39-32(43)29(17-21-8-12-24(41)13-9-21)38-31(42)26(35)16-20-6-10-23(40)11-7-20/h2-13,19,26,28-30,36,40-41H,14-18,35H2,1H3,(H,37,44)(H,38,42)(H,39,43)(H,45,46). The van der Waals surface area contributed by atoms with E-state index in [9.17, 15) is 34.5 Å². The fourth-order valence-corrected chi connectivity index (χ4v) is 5.57.